The zero-order chi connectivity index (χ0) is 19.9. The number of aryl methyl sites for hydroxylation is 1. The number of benzene rings is 2. The van der Waals surface area contributed by atoms with Crippen molar-refractivity contribution in [3.05, 3.63) is 58.9 Å². The maximum Gasteiger partial charge on any atom is 0.306 e. The average molecular weight is 403 g/mol. The molecule has 28 heavy (non-hydrogen) atoms. The van der Waals surface area contributed by atoms with E-state index in [1.54, 1.807) is 44.6 Å². The molecule has 3 aromatic rings. The number of hydrogen-bond acceptors (Lipinski definition) is 7. The Bertz CT molecular complexity index is 940. The number of hydrogen-bond donors (Lipinski definition) is 0. The minimum absolute atomic E-state index is 0.140. The van der Waals surface area contributed by atoms with Crippen LogP contribution in [0, 0.1) is 0 Å². The number of nitrogens with zero attached hydrogens (tertiary/aromatic N) is 2. The quantitative estimate of drug-likeness (QED) is 0.525. The molecular formula is C20H19ClN2O5. The van der Waals surface area contributed by atoms with Crippen molar-refractivity contribution >= 4 is 17.6 Å². The molecule has 0 radical (unpaired) electrons. The highest BCUT2D eigenvalue weighted by Gasteiger charge is 2.13. The van der Waals surface area contributed by atoms with Gasteiger partial charge in [-0.3, -0.25) is 4.79 Å². The average Bonchev–Trinajstić information content (AvgIpc) is 3.20. The van der Waals surface area contributed by atoms with E-state index >= 15 is 0 Å². The molecule has 2 aromatic carbocycles. The van der Waals surface area contributed by atoms with Crippen molar-refractivity contribution in [3.8, 4) is 22.9 Å². The SMILES string of the molecule is COc1ccc(-c2noc(CCC(=O)OCc3ccc(Cl)cc3)n2)cc1OC. The zero-order valence-corrected chi connectivity index (χ0v) is 16.2. The normalized spacial score (nSPS) is 10.5. The Balaban J connectivity index is 1.54. The summed E-state index contributed by atoms with van der Waals surface area (Å²) in [6, 6.07) is 12.4. The number of esters is 1. The van der Waals surface area contributed by atoms with E-state index in [0.29, 0.717) is 34.7 Å². The molecular weight excluding hydrogens is 384 g/mol. The molecule has 1 heterocycles. The molecule has 8 heteroatoms. The Morgan fingerprint density at radius 1 is 1.07 bits per heavy atom. The van der Waals surface area contributed by atoms with E-state index in [-0.39, 0.29) is 19.0 Å². The number of carbonyl (C=O) groups is 1. The van der Waals surface area contributed by atoms with E-state index in [4.69, 9.17) is 30.3 Å². The fourth-order valence-electron chi connectivity index (χ4n) is 2.47. The van der Waals surface area contributed by atoms with Gasteiger partial charge < -0.3 is 18.7 Å². The number of aromatic nitrogens is 2. The molecule has 146 valence electrons. The molecule has 0 aliphatic rings. The molecule has 3 rings (SSSR count). The second kappa shape index (κ2) is 9.23. The highest BCUT2D eigenvalue weighted by atomic mass is 35.5. The van der Waals surface area contributed by atoms with Gasteiger partial charge in [0, 0.05) is 17.0 Å². The Hall–Kier alpha value is -3.06. The predicted octanol–water partition coefficient (Wildman–Crippen LogP) is 4.08. The van der Waals surface area contributed by atoms with Gasteiger partial charge in [0.15, 0.2) is 11.5 Å². The van der Waals surface area contributed by atoms with Crippen LogP contribution in [0.2, 0.25) is 5.02 Å². The van der Waals surface area contributed by atoms with Gasteiger partial charge in [0.2, 0.25) is 11.7 Å². The Labute approximate surface area is 167 Å². The molecule has 0 saturated heterocycles. The van der Waals surface area contributed by atoms with Crippen LogP contribution in [-0.4, -0.2) is 30.3 Å². The number of methoxy groups -OCH3 is 2. The maximum absolute atomic E-state index is 11.9. The Kier molecular flexibility index (Phi) is 6.49. The van der Waals surface area contributed by atoms with E-state index in [0.717, 1.165) is 11.1 Å². The molecule has 7 nitrogen and oxygen atoms in total. The number of carbonyl (C=O) groups excluding carboxylic acids is 1. The molecule has 1 aromatic heterocycles. The second-order valence-electron chi connectivity index (χ2n) is 5.87. The first-order valence-electron chi connectivity index (χ1n) is 8.54. The van der Waals surface area contributed by atoms with Crippen LogP contribution >= 0.6 is 11.6 Å². The lowest BCUT2D eigenvalue weighted by Gasteiger charge is -2.07. The van der Waals surface area contributed by atoms with E-state index in [2.05, 4.69) is 10.1 Å². The van der Waals surface area contributed by atoms with Crippen LogP contribution < -0.4 is 9.47 Å². The highest BCUT2D eigenvalue weighted by Crippen LogP contribution is 2.31. The van der Waals surface area contributed by atoms with Crippen LogP contribution in [0.25, 0.3) is 11.4 Å². The van der Waals surface area contributed by atoms with Gasteiger partial charge in [-0.2, -0.15) is 4.98 Å². The summed E-state index contributed by atoms with van der Waals surface area (Å²) in [6.07, 6.45) is 0.431. The smallest absolute Gasteiger partial charge is 0.306 e. The van der Waals surface area contributed by atoms with Crippen LogP contribution in [0.5, 0.6) is 11.5 Å². The van der Waals surface area contributed by atoms with Crippen LogP contribution in [-0.2, 0) is 22.6 Å². The van der Waals surface area contributed by atoms with Gasteiger partial charge in [-0.25, -0.2) is 0 Å². The molecule has 0 spiro atoms. The van der Waals surface area contributed by atoms with Gasteiger partial charge in [0.25, 0.3) is 0 Å². The summed E-state index contributed by atoms with van der Waals surface area (Å²) in [5.74, 6) is 1.59. The fourth-order valence-corrected chi connectivity index (χ4v) is 2.60. The summed E-state index contributed by atoms with van der Waals surface area (Å²) in [5.41, 5.74) is 1.59. The van der Waals surface area contributed by atoms with Crippen LogP contribution in [0.1, 0.15) is 17.9 Å². The molecule has 0 unspecified atom stereocenters. The van der Waals surface area contributed by atoms with Gasteiger partial charge in [-0.1, -0.05) is 28.9 Å². The third kappa shape index (κ3) is 5.01. The van der Waals surface area contributed by atoms with Gasteiger partial charge in [-0.15, -0.1) is 0 Å². The van der Waals surface area contributed by atoms with Gasteiger partial charge >= 0.3 is 5.97 Å². The summed E-state index contributed by atoms with van der Waals surface area (Å²) < 4.78 is 20.9. The van der Waals surface area contributed by atoms with E-state index < -0.39 is 0 Å². The number of rotatable bonds is 8. The predicted molar refractivity (Wildman–Crippen MR) is 102 cm³/mol. The molecule has 0 fully saturated rings. The van der Waals surface area contributed by atoms with Crippen molar-refractivity contribution in [2.24, 2.45) is 0 Å². The van der Waals surface area contributed by atoms with Crippen molar-refractivity contribution in [2.75, 3.05) is 14.2 Å². The number of ether oxygens (including phenoxy) is 3. The lowest BCUT2D eigenvalue weighted by molar-refractivity contribution is -0.145. The Morgan fingerprint density at radius 2 is 1.82 bits per heavy atom. The van der Waals surface area contributed by atoms with Gasteiger partial charge in [0.1, 0.15) is 6.61 Å². The lowest BCUT2D eigenvalue weighted by atomic mass is 10.2. The van der Waals surface area contributed by atoms with Gasteiger partial charge in [0.05, 0.1) is 20.6 Å². The maximum atomic E-state index is 11.9. The molecule has 0 aliphatic heterocycles. The van der Waals surface area contributed by atoms with Crippen molar-refractivity contribution in [1.82, 2.24) is 10.1 Å². The van der Waals surface area contributed by atoms with Crippen molar-refractivity contribution in [2.45, 2.75) is 19.4 Å². The summed E-state index contributed by atoms with van der Waals surface area (Å²) in [6.45, 7) is 0.191. The van der Waals surface area contributed by atoms with Crippen molar-refractivity contribution < 1.29 is 23.5 Å². The summed E-state index contributed by atoms with van der Waals surface area (Å²) >= 11 is 5.83. The molecule has 0 N–H and O–H groups in total. The van der Waals surface area contributed by atoms with Crippen LogP contribution in [0.4, 0.5) is 0 Å². The minimum atomic E-state index is -0.346. The van der Waals surface area contributed by atoms with E-state index in [1.807, 2.05) is 12.1 Å². The molecule has 0 bridgehead atoms. The standard InChI is InChI=1S/C20H19ClN2O5/c1-25-16-8-5-14(11-17(16)26-2)20-22-18(28-23-20)9-10-19(24)27-12-13-3-6-15(21)7-4-13/h3-8,11H,9-10,12H2,1-2H3. The lowest BCUT2D eigenvalue weighted by Crippen LogP contribution is -2.06. The zero-order valence-electron chi connectivity index (χ0n) is 15.5. The summed E-state index contributed by atoms with van der Waals surface area (Å²) in [5, 5.41) is 4.59. The molecule has 0 atom stereocenters. The van der Waals surface area contributed by atoms with Crippen LogP contribution in [0.3, 0.4) is 0 Å². The first-order chi connectivity index (χ1) is 13.6. The highest BCUT2D eigenvalue weighted by molar-refractivity contribution is 6.30. The fraction of sp³-hybridized carbons (Fsp3) is 0.250. The third-order valence-corrected chi connectivity index (χ3v) is 4.22. The van der Waals surface area contributed by atoms with E-state index in [1.165, 1.54) is 0 Å². The van der Waals surface area contributed by atoms with Crippen molar-refractivity contribution in [3.63, 3.8) is 0 Å². The van der Waals surface area contributed by atoms with E-state index in [9.17, 15) is 4.79 Å². The minimum Gasteiger partial charge on any atom is -0.493 e. The summed E-state index contributed by atoms with van der Waals surface area (Å²) in [7, 11) is 3.12. The first-order valence-corrected chi connectivity index (χ1v) is 8.92. The molecule has 0 amide bonds. The Morgan fingerprint density at radius 3 is 2.54 bits per heavy atom. The molecule has 0 aliphatic carbocycles. The van der Waals surface area contributed by atoms with Crippen LogP contribution in [0.15, 0.2) is 47.0 Å². The third-order valence-electron chi connectivity index (χ3n) is 3.97. The number of halogens is 1. The van der Waals surface area contributed by atoms with Gasteiger partial charge in [-0.05, 0) is 35.9 Å². The topological polar surface area (TPSA) is 83.7 Å². The van der Waals surface area contributed by atoms with Crippen molar-refractivity contribution in [1.29, 1.82) is 0 Å². The first kappa shape index (κ1) is 19.7. The second-order valence-corrected chi connectivity index (χ2v) is 6.31. The summed E-state index contributed by atoms with van der Waals surface area (Å²) in [4.78, 5) is 16.2. The monoisotopic (exact) mass is 402 g/mol. The largest absolute Gasteiger partial charge is 0.493 e. The molecule has 0 saturated carbocycles.